The second-order valence-corrected chi connectivity index (χ2v) is 8.99. The molecule has 1 fully saturated rings. The highest BCUT2D eigenvalue weighted by Crippen LogP contribution is 2.36. The number of likely N-dealkylation sites (N-methyl/N-ethyl adjacent to an activating group) is 1. The van der Waals surface area contributed by atoms with Crippen LogP contribution in [0.4, 0.5) is 11.8 Å². The summed E-state index contributed by atoms with van der Waals surface area (Å²) >= 11 is 1.48. The van der Waals surface area contributed by atoms with E-state index in [1.165, 1.54) is 11.3 Å². The highest BCUT2D eigenvalue weighted by molar-refractivity contribution is 7.13. The van der Waals surface area contributed by atoms with Crippen LogP contribution in [-0.2, 0) is 17.4 Å². The van der Waals surface area contributed by atoms with Gasteiger partial charge in [-0.15, -0.1) is 11.3 Å². The number of hydrogen-bond acceptors (Lipinski definition) is 8. The van der Waals surface area contributed by atoms with Gasteiger partial charge in [-0.05, 0) is 24.6 Å². The van der Waals surface area contributed by atoms with Gasteiger partial charge in [0.05, 0.1) is 17.7 Å². The van der Waals surface area contributed by atoms with Crippen molar-refractivity contribution in [3.05, 3.63) is 59.5 Å². The Morgan fingerprint density at radius 2 is 2.00 bits per heavy atom. The summed E-state index contributed by atoms with van der Waals surface area (Å²) in [5, 5.41) is 16.9. The number of nitrogens with zero attached hydrogens (tertiary/aromatic N) is 6. The second kappa shape index (κ2) is 8.05. The topological polar surface area (TPSA) is 109 Å². The maximum atomic E-state index is 12.5. The first-order valence-electron chi connectivity index (χ1n) is 10.5. The molecule has 1 amide bonds. The number of thiazole rings is 1. The van der Waals surface area contributed by atoms with Crippen LogP contribution in [0.15, 0.2) is 48.2 Å². The van der Waals surface area contributed by atoms with Gasteiger partial charge < -0.3 is 19.9 Å². The van der Waals surface area contributed by atoms with Crippen molar-refractivity contribution in [1.82, 2.24) is 29.4 Å². The van der Waals surface area contributed by atoms with Crippen LogP contribution >= 0.6 is 11.3 Å². The zero-order valence-electron chi connectivity index (χ0n) is 18.5. The molecule has 0 bridgehead atoms. The van der Waals surface area contributed by atoms with Crippen molar-refractivity contribution in [2.75, 3.05) is 18.9 Å². The van der Waals surface area contributed by atoms with Gasteiger partial charge in [0.25, 0.3) is 5.91 Å². The number of amides is 1. The van der Waals surface area contributed by atoms with Crippen LogP contribution in [-0.4, -0.2) is 54.0 Å². The fourth-order valence-electron chi connectivity index (χ4n) is 3.84. The van der Waals surface area contributed by atoms with E-state index in [4.69, 9.17) is 4.98 Å². The Balaban J connectivity index is 1.41. The number of hydrogen-bond donors (Lipinski definition) is 2. The molecule has 4 aromatic rings. The monoisotopic (exact) mass is 461 g/mol. The molecule has 10 heteroatoms. The Labute approximate surface area is 194 Å². The molecule has 33 heavy (non-hydrogen) atoms. The van der Waals surface area contributed by atoms with Gasteiger partial charge in [-0.3, -0.25) is 4.79 Å². The molecule has 0 spiro atoms. The Morgan fingerprint density at radius 1 is 1.15 bits per heavy atom. The van der Waals surface area contributed by atoms with E-state index < -0.39 is 5.60 Å². The van der Waals surface area contributed by atoms with E-state index in [0.717, 1.165) is 22.0 Å². The van der Waals surface area contributed by atoms with E-state index in [9.17, 15) is 9.90 Å². The van der Waals surface area contributed by atoms with Crippen molar-refractivity contribution in [1.29, 1.82) is 0 Å². The molecule has 4 heterocycles. The quantitative estimate of drug-likeness (QED) is 0.470. The molecule has 0 unspecified atom stereocenters. The maximum absolute atomic E-state index is 12.5. The molecule has 168 valence electrons. The van der Waals surface area contributed by atoms with Crippen LogP contribution < -0.4 is 5.32 Å². The summed E-state index contributed by atoms with van der Waals surface area (Å²) in [6.07, 6.45) is 3.79. The first kappa shape index (κ1) is 21.2. The van der Waals surface area contributed by atoms with Gasteiger partial charge in [0.2, 0.25) is 5.95 Å². The lowest BCUT2D eigenvalue weighted by Crippen LogP contribution is -2.36. The standard InChI is InChI=1S/C23H23N7O2S/c1-14-19(25-13-30(14)3)28-22-24-9-7-17(27-22)18-12-33-20(26-18)15-5-4-6-16(11-15)23(32)8-10-29(2)21(23)31/h4-7,9,11-13,32H,8,10H2,1-3H3,(H,24,27,28)/t23-/m1/s1. The van der Waals surface area contributed by atoms with Gasteiger partial charge in [0, 0.05) is 44.2 Å². The van der Waals surface area contributed by atoms with Gasteiger partial charge in [0.15, 0.2) is 11.4 Å². The predicted octanol–water partition coefficient (Wildman–Crippen LogP) is 3.10. The molecule has 1 saturated heterocycles. The molecule has 0 radical (unpaired) electrons. The smallest absolute Gasteiger partial charge is 0.258 e. The summed E-state index contributed by atoms with van der Waals surface area (Å²) in [6.45, 7) is 2.50. The largest absolute Gasteiger partial charge is 0.375 e. The number of anilines is 2. The molecule has 1 aromatic carbocycles. The number of rotatable bonds is 5. The van der Waals surface area contributed by atoms with E-state index in [-0.39, 0.29) is 5.91 Å². The second-order valence-electron chi connectivity index (χ2n) is 8.14. The third-order valence-electron chi connectivity index (χ3n) is 5.98. The summed E-state index contributed by atoms with van der Waals surface area (Å²) in [7, 11) is 3.63. The van der Waals surface area contributed by atoms with Crippen molar-refractivity contribution < 1.29 is 9.90 Å². The Hall–Kier alpha value is -3.63. The van der Waals surface area contributed by atoms with Crippen LogP contribution in [0.1, 0.15) is 17.7 Å². The summed E-state index contributed by atoms with van der Waals surface area (Å²) in [5.74, 6) is 0.871. The van der Waals surface area contributed by atoms with Crippen LogP contribution in [0, 0.1) is 6.92 Å². The predicted molar refractivity (Wildman–Crippen MR) is 126 cm³/mol. The third kappa shape index (κ3) is 3.77. The van der Waals surface area contributed by atoms with E-state index in [1.807, 2.05) is 48.2 Å². The first-order valence-corrected chi connectivity index (χ1v) is 11.4. The van der Waals surface area contributed by atoms with Gasteiger partial charge in [0.1, 0.15) is 10.7 Å². The normalized spacial score (nSPS) is 18.2. The third-order valence-corrected chi connectivity index (χ3v) is 6.87. The minimum Gasteiger partial charge on any atom is -0.375 e. The molecule has 1 aliphatic heterocycles. The van der Waals surface area contributed by atoms with Crippen LogP contribution in [0.2, 0.25) is 0 Å². The number of carbonyl (C=O) groups is 1. The molecular weight excluding hydrogens is 438 g/mol. The summed E-state index contributed by atoms with van der Waals surface area (Å²) < 4.78 is 1.92. The van der Waals surface area contributed by atoms with Gasteiger partial charge in [-0.2, -0.15) is 0 Å². The minimum absolute atomic E-state index is 0.274. The lowest BCUT2D eigenvalue weighted by Gasteiger charge is -2.21. The lowest BCUT2D eigenvalue weighted by atomic mass is 9.91. The van der Waals surface area contributed by atoms with Gasteiger partial charge in [-0.1, -0.05) is 18.2 Å². The fraction of sp³-hybridized carbons (Fsp3) is 0.261. The lowest BCUT2D eigenvalue weighted by molar-refractivity contribution is -0.143. The Kier molecular flexibility index (Phi) is 5.18. The van der Waals surface area contributed by atoms with Gasteiger partial charge >= 0.3 is 0 Å². The Bertz CT molecular complexity index is 1350. The SMILES string of the molecule is Cc1c(Nc2nccc(-c3csc(-c4cccc([C@]5(O)CCN(C)C5=O)c4)n3)n2)ncn1C. The maximum Gasteiger partial charge on any atom is 0.258 e. The number of nitrogens with one attached hydrogen (secondary N) is 1. The van der Waals surface area contributed by atoms with E-state index in [1.54, 1.807) is 30.5 Å². The van der Waals surface area contributed by atoms with Crippen LogP contribution in [0.25, 0.3) is 22.0 Å². The number of benzene rings is 1. The van der Waals surface area contributed by atoms with Crippen molar-refractivity contribution >= 4 is 29.0 Å². The number of carbonyl (C=O) groups excluding carboxylic acids is 1. The minimum atomic E-state index is -1.48. The highest BCUT2D eigenvalue weighted by Gasteiger charge is 2.45. The first-order chi connectivity index (χ1) is 15.8. The molecule has 1 aliphatic rings. The van der Waals surface area contributed by atoms with Crippen molar-refractivity contribution in [2.45, 2.75) is 18.9 Å². The number of likely N-dealkylation sites (tertiary alicyclic amines) is 1. The highest BCUT2D eigenvalue weighted by atomic mass is 32.1. The number of imidazole rings is 1. The summed E-state index contributed by atoms with van der Waals surface area (Å²) in [5.41, 5.74) is 2.33. The van der Waals surface area contributed by atoms with Crippen molar-refractivity contribution in [2.24, 2.45) is 7.05 Å². The van der Waals surface area contributed by atoms with E-state index in [2.05, 4.69) is 20.3 Å². The molecular formula is C23H23N7O2S. The number of aliphatic hydroxyl groups is 1. The van der Waals surface area contributed by atoms with Crippen molar-refractivity contribution in [3.63, 3.8) is 0 Å². The van der Waals surface area contributed by atoms with E-state index in [0.29, 0.717) is 36.0 Å². The molecule has 9 nitrogen and oxygen atoms in total. The number of aryl methyl sites for hydroxylation is 1. The van der Waals surface area contributed by atoms with Crippen LogP contribution in [0.5, 0.6) is 0 Å². The molecule has 0 aliphatic carbocycles. The zero-order valence-corrected chi connectivity index (χ0v) is 19.3. The zero-order chi connectivity index (χ0) is 23.2. The molecule has 1 atom stereocenters. The van der Waals surface area contributed by atoms with Crippen molar-refractivity contribution in [3.8, 4) is 22.0 Å². The van der Waals surface area contributed by atoms with E-state index >= 15 is 0 Å². The fourth-order valence-corrected chi connectivity index (χ4v) is 4.65. The summed E-state index contributed by atoms with van der Waals surface area (Å²) in [6, 6.07) is 9.21. The molecule has 0 saturated carbocycles. The van der Waals surface area contributed by atoms with Gasteiger partial charge in [-0.25, -0.2) is 19.9 Å². The Morgan fingerprint density at radius 3 is 2.73 bits per heavy atom. The average Bonchev–Trinajstić information content (AvgIpc) is 3.52. The molecule has 2 N–H and O–H groups in total. The van der Waals surface area contributed by atoms with Crippen LogP contribution in [0.3, 0.4) is 0 Å². The summed E-state index contributed by atoms with van der Waals surface area (Å²) in [4.78, 5) is 32.0. The molecule has 3 aromatic heterocycles. The number of aromatic nitrogens is 5. The molecule has 5 rings (SSSR count). The average molecular weight is 462 g/mol.